The molecule has 2 saturated heterocycles. The Bertz CT molecular complexity index is 1050. The van der Waals surface area contributed by atoms with Crippen molar-refractivity contribution in [2.75, 3.05) is 23.0 Å². The van der Waals surface area contributed by atoms with Crippen LogP contribution in [0.4, 0.5) is 0 Å². The highest BCUT2D eigenvalue weighted by Gasteiger charge is 2.47. The van der Waals surface area contributed by atoms with Gasteiger partial charge in [0.1, 0.15) is 0 Å². The van der Waals surface area contributed by atoms with Gasteiger partial charge >= 0.3 is 0 Å². The zero-order valence-electron chi connectivity index (χ0n) is 28.9. The summed E-state index contributed by atoms with van der Waals surface area (Å²) >= 11 is 8.26. The average Bonchev–Trinajstić information content (AvgIpc) is 2.97. The van der Waals surface area contributed by atoms with E-state index in [1.807, 2.05) is 30.4 Å². The summed E-state index contributed by atoms with van der Waals surface area (Å²) in [6, 6.07) is 0. The normalized spacial score (nSPS) is 25.0. The van der Waals surface area contributed by atoms with Gasteiger partial charge in [0.05, 0.1) is 13.8 Å². The fourth-order valence-electron chi connectivity index (χ4n) is 5.89. The second-order valence-corrected chi connectivity index (χ2v) is 20.0. The molecule has 3 nitrogen and oxygen atoms in total. The van der Waals surface area contributed by atoms with Gasteiger partial charge in [-0.25, -0.2) is 0 Å². The van der Waals surface area contributed by atoms with Crippen molar-refractivity contribution in [1.82, 2.24) is 0 Å². The van der Waals surface area contributed by atoms with Crippen molar-refractivity contribution in [1.29, 1.82) is 0 Å². The summed E-state index contributed by atoms with van der Waals surface area (Å²) in [6.07, 6.45) is 20.4. The van der Waals surface area contributed by atoms with Crippen LogP contribution in [0.15, 0.2) is 46.6 Å². The van der Waals surface area contributed by atoms with E-state index in [-0.39, 0.29) is 15.6 Å². The molecule has 0 bridgehead atoms. The molecule has 0 unspecified atom stereocenters. The van der Waals surface area contributed by atoms with Gasteiger partial charge in [-0.15, -0.1) is 47.0 Å². The first-order valence-electron chi connectivity index (χ1n) is 16.6. The molecule has 3 aliphatic rings. The molecular formula is C37H60O3S4. The Morgan fingerprint density at radius 1 is 0.773 bits per heavy atom. The number of Topliss-reactive ketones (excluding diaryl/α,β-unsaturated/α-hetero) is 2. The van der Waals surface area contributed by atoms with Crippen molar-refractivity contribution in [2.45, 2.75) is 140 Å². The van der Waals surface area contributed by atoms with Crippen molar-refractivity contribution in [3.8, 4) is 0 Å². The van der Waals surface area contributed by atoms with Gasteiger partial charge in [-0.2, -0.15) is 0 Å². The molecule has 1 spiro atoms. The van der Waals surface area contributed by atoms with Crippen LogP contribution in [-0.4, -0.2) is 53.4 Å². The average molecular weight is 681 g/mol. The van der Waals surface area contributed by atoms with E-state index < -0.39 is 5.60 Å². The van der Waals surface area contributed by atoms with Crippen molar-refractivity contribution >= 4 is 58.6 Å². The van der Waals surface area contributed by atoms with Crippen LogP contribution >= 0.6 is 47.0 Å². The number of ketones is 2. The van der Waals surface area contributed by atoms with Gasteiger partial charge in [0, 0.05) is 19.3 Å². The molecule has 0 aromatic carbocycles. The first kappa shape index (κ1) is 39.8. The van der Waals surface area contributed by atoms with Gasteiger partial charge in [0.2, 0.25) is 0 Å². The first-order valence-corrected chi connectivity index (χ1v) is 20.5. The topological polar surface area (TPSA) is 54.4 Å². The van der Waals surface area contributed by atoms with Crippen LogP contribution in [0.3, 0.4) is 0 Å². The maximum Gasteiger partial charge on any atom is 0.198 e. The molecule has 0 aromatic heterocycles. The van der Waals surface area contributed by atoms with Crippen molar-refractivity contribution in [2.24, 2.45) is 5.92 Å². The van der Waals surface area contributed by atoms with Crippen molar-refractivity contribution < 1.29 is 14.7 Å². The molecule has 3 fully saturated rings. The van der Waals surface area contributed by atoms with Gasteiger partial charge in [0.25, 0.3) is 0 Å². The van der Waals surface area contributed by atoms with Crippen LogP contribution in [0.25, 0.3) is 0 Å². The van der Waals surface area contributed by atoms with Crippen LogP contribution in [0.1, 0.15) is 126 Å². The summed E-state index contributed by atoms with van der Waals surface area (Å²) in [5, 5.41) is 10.9. The molecular weight excluding hydrogens is 621 g/mol. The standard InChI is InChI=1S/C19H30O2S2.C18H30OS2/c1-15(2)7-5-8-16(3)9-11-19(22-13-6-14-23-19)12-10-18(21)17(4)20;1-14(2)7-5-8-15(3)16-13-18(10-9-17(16,4)19)20-11-6-12-21-18/h7,9H,5-6,8,10-14H2,1-4H3;7-8,16,19H,5-6,9-13H2,1-4H3/b16-9-;15-8+/t;16-,17-/m.1/s1. The van der Waals surface area contributed by atoms with Gasteiger partial charge in [-0.3, -0.25) is 9.59 Å². The van der Waals surface area contributed by atoms with E-state index >= 15 is 0 Å². The van der Waals surface area contributed by atoms with Gasteiger partial charge in [-0.1, -0.05) is 46.6 Å². The SMILES string of the molecule is CC(=O)C(=O)CCC1(C/C=C(/C)CCC=C(C)C)SCCCS1.CC(C)=CC/C=C(\C)[C@H]1CC2(CC[C@@]1(C)O)SCCCS2. The molecule has 0 radical (unpaired) electrons. The highest BCUT2D eigenvalue weighted by atomic mass is 32.2. The Kier molecular flexibility index (Phi) is 17.6. The summed E-state index contributed by atoms with van der Waals surface area (Å²) in [7, 11) is 0. The maximum atomic E-state index is 11.7. The lowest BCUT2D eigenvalue weighted by Crippen LogP contribution is -2.46. The largest absolute Gasteiger partial charge is 0.390 e. The number of thioether (sulfide) groups is 4. The molecule has 0 aromatic rings. The zero-order chi connectivity index (χ0) is 32.8. The lowest BCUT2D eigenvalue weighted by molar-refractivity contribution is -0.135. The summed E-state index contributed by atoms with van der Waals surface area (Å²) in [6.45, 7) is 16.4. The minimum absolute atomic E-state index is 0.0845. The number of rotatable bonds is 12. The van der Waals surface area contributed by atoms with E-state index in [2.05, 4.69) is 89.4 Å². The summed E-state index contributed by atoms with van der Waals surface area (Å²) in [4.78, 5) is 22.9. The smallest absolute Gasteiger partial charge is 0.198 e. The number of aliphatic hydroxyl groups is 1. The maximum absolute atomic E-state index is 11.7. The number of hydrogen-bond acceptors (Lipinski definition) is 7. The number of hydrogen-bond donors (Lipinski definition) is 1. The van der Waals surface area contributed by atoms with E-state index in [1.54, 1.807) is 0 Å². The highest BCUT2D eigenvalue weighted by molar-refractivity contribution is 8.19. The fraction of sp³-hybridized carbons (Fsp3) is 0.730. The van der Waals surface area contributed by atoms with Crippen LogP contribution in [0.2, 0.25) is 0 Å². The predicted molar refractivity (Wildman–Crippen MR) is 202 cm³/mol. The molecule has 1 N–H and O–H groups in total. The van der Waals surface area contributed by atoms with E-state index in [9.17, 15) is 14.7 Å². The number of allylic oxidation sites excluding steroid dienone is 7. The van der Waals surface area contributed by atoms with E-state index in [0.29, 0.717) is 16.4 Å². The molecule has 250 valence electrons. The van der Waals surface area contributed by atoms with Crippen LogP contribution in [0, 0.1) is 5.92 Å². The van der Waals surface area contributed by atoms with Gasteiger partial charge in [0.15, 0.2) is 11.6 Å². The third-order valence-corrected chi connectivity index (χ3v) is 15.8. The Balaban J connectivity index is 0.000000308. The minimum atomic E-state index is -0.532. The molecule has 7 heteroatoms. The van der Waals surface area contributed by atoms with Gasteiger partial charge < -0.3 is 5.11 Å². The van der Waals surface area contributed by atoms with Gasteiger partial charge in [-0.05, 0) is 136 Å². The molecule has 2 heterocycles. The predicted octanol–water partition coefficient (Wildman–Crippen LogP) is 11.0. The Labute approximate surface area is 287 Å². The second kappa shape index (κ2) is 19.5. The van der Waals surface area contributed by atoms with E-state index in [4.69, 9.17) is 0 Å². The van der Waals surface area contributed by atoms with E-state index in [0.717, 1.165) is 62.9 Å². The second-order valence-electron chi connectivity index (χ2n) is 13.6. The van der Waals surface area contributed by atoms with Crippen molar-refractivity contribution in [3.05, 3.63) is 46.6 Å². The monoisotopic (exact) mass is 680 g/mol. The zero-order valence-corrected chi connectivity index (χ0v) is 32.2. The van der Waals surface area contributed by atoms with Crippen LogP contribution in [-0.2, 0) is 9.59 Å². The van der Waals surface area contributed by atoms with Crippen LogP contribution in [0.5, 0.6) is 0 Å². The quantitative estimate of drug-likeness (QED) is 0.163. The molecule has 3 rings (SSSR count). The summed E-state index contributed by atoms with van der Waals surface area (Å²) in [5.41, 5.74) is 5.00. The van der Waals surface area contributed by atoms with E-state index in [1.165, 1.54) is 53.6 Å². The van der Waals surface area contributed by atoms with Crippen LogP contribution < -0.4 is 0 Å². The molecule has 2 atom stereocenters. The third-order valence-electron chi connectivity index (χ3n) is 8.81. The highest BCUT2D eigenvalue weighted by Crippen LogP contribution is 2.56. The molecule has 1 saturated carbocycles. The first-order chi connectivity index (χ1) is 20.7. The molecule has 1 aliphatic carbocycles. The number of carbonyl (C=O) groups is 2. The third kappa shape index (κ3) is 14.2. The lowest BCUT2D eigenvalue weighted by atomic mass is 9.72. The molecule has 0 amide bonds. The molecule has 44 heavy (non-hydrogen) atoms. The Hall–Kier alpha value is -0.340. The minimum Gasteiger partial charge on any atom is -0.390 e. The Morgan fingerprint density at radius 2 is 1.36 bits per heavy atom. The Morgan fingerprint density at radius 3 is 1.93 bits per heavy atom. The summed E-state index contributed by atoms with van der Waals surface area (Å²) in [5.74, 6) is 4.69. The number of carbonyl (C=O) groups excluding carboxylic acids is 2. The lowest BCUT2D eigenvalue weighted by Gasteiger charge is -2.49. The summed E-state index contributed by atoms with van der Waals surface area (Å²) < 4.78 is 0.456. The fourth-order valence-corrected chi connectivity index (χ4v) is 12.5. The van der Waals surface area contributed by atoms with Crippen molar-refractivity contribution in [3.63, 3.8) is 0 Å². The molecule has 2 aliphatic heterocycles.